The van der Waals surface area contributed by atoms with Gasteiger partial charge in [-0.2, -0.15) is 0 Å². The van der Waals surface area contributed by atoms with Crippen LogP contribution < -0.4 is 5.32 Å². The van der Waals surface area contributed by atoms with E-state index in [2.05, 4.69) is 5.32 Å². The maximum Gasteiger partial charge on any atom is 0.307 e. The summed E-state index contributed by atoms with van der Waals surface area (Å²) in [5.74, 6) is -2.33. The monoisotopic (exact) mass is 287 g/mol. The molecule has 2 aromatic rings. The van der Waals surface area contributed by atoms with Gasteiger partial charge in [-0.05, 0) is 29.8 Å². The van der Waals surface area contributed by atoms with Gasteiger partial charge in [0.1, 0.15) is 17.1 Å². The van der Waals surface area contributed by atoms with E-state index in [4.69, 9.17) is 5.11 Å². The summed E-state index contributed by atoms with van der Waals surface area (Å²) in [6.45, 7) is 0. The Morgan fingerprint density at radius 3 is 2.24 bits per heavy atom. The van der Waals surface area contributed by atoms with Gasteiger partial charge < -0.3 is 20.6 Å². The number of carbonyl (C=O) groups excluding carboxylic acids is 1. The molecule has 0 radical (unpaired) electrons. The van der Waals surface area contributed by atoms with Crippen molar-refractivity contribution in [3.05, 3.63) is 53.6 Å². The topological polar surface area (TPSA) is 107 Å². The number of anilines is 1. The fourth-order valence-corrected chi connectivity index (χ4v) is 1.89. The second-order valence-electron chi connectivity index (χ2n) is 4.40. The molecular weight excluding hydrogens is 274 g/mol. The maximum absolute atomic E-state index is 12.0. The van der Waals surface area contributed by atoms with E-state index >= 15 is 0 Å². The van der Waals surface area contributed by atoms with Crippen LogP contribution in [0, 0.1) is 0 Å². The Labute approximate surface area is 120 Å². The molecule has 0 atom stereocenters. The number of hydrogen-bond acceptors (Lipinski definition) is 4. The molecular formula is C15H13NO5. The molecule has 2 rings (SSSR count). The lowest BCUT2D eigenvalue weighted by Gasteiger charge is -2.09. The van der Waals surface area contributed by atoms with Crippen LogP contribution in [0.1, 0.15) is 15.9 Å². The van der Waals surface area contributed by atoms with Crippen LogP contribution in [0.15, 0.2) is 42.5 Å². The van der Waals surface area contributed by atoms with E-state index in [-0.39, 0.29) is 23.5 Å². The summed E-state index contributed by atoms with van der Waals surface area (Å²) in [7, 11) is 0. The largest absolute Gasteiger partial charge is 0.507 e. The second kappa shape index (κ2) is 5.96. The van der Waals surface area contributed by atoms with Crippen LogP contribution in [0.3, 0.4) is 0 Å². The molecule has 0 spiro atoms. The molecule has 0 fully saturated rings. The van der Waals surface area contributed by atoms with Gasteiger partial charge in [0.15, 0.2) is 0 Å². The van der Waals surface area contributed by atoms with E-state index in [9.17, 15) is 19.8 Å². The van der Waals surface area contributed by atoms with Gasteiger partial charge >= 0.3 is 5.97 Å². The molecule has 0 unspecified atom stereocenters. The van der Waals surface area contributed by atoms with Gasteiger partial charge in [0.25, 0.3) is 5.91 Å². The number of aliphatic carboxylic acids is 1. The summed E-state index contributed by atoms with van der Waals surface area (Å²) in [6.07, 6.45) is -0.161. The first-order valence-electron chi connectivity index (χ1n) is 6.10. The molecule has 0 aromatic heterocycles. The van der Waals surface area contributed by atoms with E-state index in [1.807, 2.05) is 0 Å². The number of rotatable bonds is 4. The molecule has 0 saturated heterocycles. The lowest BCUT2D eigenvalue weighted by Crippen LogP contribution is -2.12. The molecule has 4 N–H and O–H groups in total. The SMILES string of the molecule is O=C(O)Cc1cccc(NC(=O)c2c(O)cccc2O)c1. The molecule has 6 heteroatoms. The van der Waals surface area contributed by atoms with Crippen molar-refractivity contribution in [2.75, 3.05) is 5.32 Å². The Morgan fingerprint density at radius 1 is 1.00 bits per heavy atom. The Hall–Kier alpha value is -3.02. The van der Waals surface area contributed by atoms with E-state index < -0.39 is 11.9 Å². The number of carboxylic acids is 1. The standard InChI is InChI=1S/C15H13NO5/c17-11-5-2-6-12(18)14(11)15(21)16-10-4-1-3-9(7-10)8-13(19)20/h1-7,17-18H,8H2,(H,16,21)(H,19,20). The highest BCUT2D eigenvalue weighted by Gasteiger charge is 2.16. The molecule has 0 aliphatic carbocycles. The minimum atomic E-state index is -0.975. The third kappa shape index (κ3) is 3.50. The smallest absolute Gasteiger partial charge is 0.307 e. The molecule has 2 aromatic carbocycles. The first kappa shape index (κ1) is 14.4. The average molecular weight is 287 g/mol. The maximum atomic E-state index is 12.0. The molecule has 0 heterocycles. The van der Waals surface area contributed by atoms with Crippen molar-refractivity contribution in [3.8, 4) is 11.5 Å². The number of carboxylic acid groups (broad SMARTS) is 1. The Bertz CT molecular complexity index is 676. The van der Waals surface area contributed by atoms with Gasteiger partial charge in [-0.3, -0.25) is 9.59 Å². The number of nitrogens with one attached hydrogen (secondary N) is 1. The van der Waals surface area contributed by atoms with Crippen LogP contribution in [-0.2, 0) is 11.2 Å². The van der Waals surface area contributed by atoms with Gasteiger partial charge in [0.05, 0.1) is 6.42 Å². The van der Waals surface area contributed by atoms with E-state index in [1.54, 1.807) is 18.2 Å². The number of phenolic OH excluding ortho intramolecular Hbond substituents is 2. The van der Waals surface area contributed by atoms with Crippen LogP contribution in [0.4, 0.5) is 5.69 Å². The van der Waals surface area contributed by atoms with Gasteiger partial charge in [-0.25, -0.2) is 0 Å². The van der Waals surface area contributed by atoms with Crippen molar-refractivity contribution < 1.29 is 24.9 Å². The normalized spacial score (nSPS) is 10.1. The number of amides is 1. The molecule has 108 valence electrons. The van der Waals surface area contributed by atoms with Crippen LogP contribution >= 0.6 is 0 Å². The molecule has 0 saturated carbocycles. The van der Waals surface area contributed by atoms with Crippen molar-refractivity contribution in [1.29, 1.82) is 0 Å². The quantitative estimate of drug-likeness (QED) is 0.688. The first-order valence-corrected chi connectivity index (χ1v) is 6.10. The van der Waals surface area contributed by atoms with Crippen LogP contribution in [-0.4, -0.2) is 27.2 Å². The number of carbonyl (C=O) groups is 2. The second-order valence-corrected chi connectivity index (χ2v) is 4.40. The summed E-state index contributed by atoms with van der Waals surface area (Å²) in [4.78, 5) is 22.7. The number of hydrogen-bond donors (Lipinski definition) is 4. The average Bonchev–Trinajstić information content (AvgIpc) is 2.37. The van der Waals surface area contributed by atoms with Gasteiger partial charge in [-0.1, -0.05) is 18.2 Å². The molecule has 1 amide bonds. The highest BCUT2D eigenvalue weighted by atomic mass is 16.4. The predicted molar refractivity (Wildman–Crippen MR) is 75.5 cm³/mol. The molecule has 0 aliphatic heterocycles. The van der Waals surface area contributed by atoms with Gasteiger partial charge in [0.2, 0.25) is 0 Å². The van der Waals surface area contributed by atoms with Gasteiger partial charge in [-0.15, -0.1) is 0 Å². The fraction of sp³-hybridized carbons (Fsp3) is 0.0667. The van der Waals surface area contributed by atoms with Crippen molar-refractivity contribution in [1.82, 2.24) is 0 Å². The van der Waals surface area contributed by atoms with Crippen molar-refractivity contribution in [2.45, 2.75) is 6.42 Å². The first-order chi connectivity index (χ1) is 9.97. The molecule has 0 bridgehead atoms. The van der Waals surface area contributed by atoms with Crippen molar-refractivity contribution in [2.24, 2.45) is 0 Å². The summed E-state index contributed by atoms with van der Waals surface area (Å²) in [6, 6.07) is 10.3. The van der Waals surface area contributed by atoms with Gasteiger partial charge in [0, 0.05) is 5.69 Å². The predicted octanol–water partition coefficient (Wildman–Crippen LogP) is 1.98. The zero-order chi connectivity index (χ0) is 15.4. The van der Waals surface area contributed by atoms with Crippen molar-refractivity contribution >= 4 is 17.6 Å². The summed E-state index contributed by atoms with van der Waals surface area (Å²) < 4.78 is 0. The highest BCUT2D eigenvalue weighted by molar-refractivity contribution is 6.08. The van der Waals surface area contributed by atoms with Crippen LogP contribution in [0.2, 0.25) is 0 Å². The summed E-state index contributed by atoms with van der Waals surface area (Å²) in [5, 5.41) is 30.5. The molecule has 0 aliphatic rings. The van der Waals surface area contributed by atoms with E-state index in [0.717, 1.165) is 0 Å². The molecule has 6 nitrogen and oxygen atoms in total. The number of phenols is 2. The van der Waals surface area contributed by atoms with Crippen LogP contribution in [0.25, 0.3) is 0 Å². The van der Waals surface area contributed by atoms with Crippen molar-refractivity contribution in [3.63, 3.8) is 0 Å². The zero-order valence-electron chi connectivity index (χ0n) is 10.9. The molecule has 21 heavy (non-hydrogen) atoms. The lowest BCUT2D eigenvalue weighted by molar-refractivity contribution is -0.136. The number of benzene rings is 2. The third-order valence-corrected chi connectivity index (χ3v) is 2.79. The highest BCUT2D eigenvalue weighted by Crippen LogP contribution is 2.27. The van der Waals surface area contributed by atoms with E-state index in [1.165, 1.54) is 24.3 Å². The number of aromatic hydroxyl groups is 2. The Morgan fingerprint density at radius 2 is 1.62 bits per heavy atom. The lowest BCUT2D eigenvalue weighted by atomic mass is 10.1. The Kier molecular flexibility index (Phi) is 4.08. The zero-order valence-corrected chi connectivity index (χ0v) is 10.9. The summed E-state index contributed by atoms with van der Waals surface area (Å²) >= 11 is 0. The van der Waals surface area contributed by atoms with E-state index in [0.29, 0.717) is 11.3 Å². The minimum Gasteiger partial charge on any atom is -0.507 e. The minimum absolute atomic E-state index is 0.161. The fourth-order valence-electron chi connectivity index (χ4n) is 1.89. The van der Waals surface area contributed by atoms with Crippen LogP contribution in [0.5, 0.6) is 11.5 Å². The Balaban J connectivity index is 2.22. The third-order valence-electron chi connectivity index (χ3n) is 2.79. The summed E-state index contributed by atoms with van der Waals surface area (Å²) in [5.41, 5.74) is 0.671.